The van der Waals surface area contributed by atoms with E-state index in [1.165, 1.54) is 10.5 Å². The Labute approximate surface area is 178 Å². The van der Waals surface area contributed by atoms with Crippen molar-refractivity contribution >= 4 is 32.4 Å². The van der Waals surface area contributed by atoms with Crippen LogP contribution >= 0.6 is 11.6 Å². The van der Waals surface area contributed by atoms with Gasteiger partial charge in [-0.05, 0) is 53.3 Å². The van der Waals surface area contributed by atoms with Gasteiger partial charge in [-0.2, -0.15) is 4.31 Å². The van der Waals surface area contributed by atoms with Crippen molar-refractivity contribution in [3.05, 3.63) is 29.4 Å². The summed E-state index contributed by atoms with van der Waals surface area (Å²) in [5.41, 5.74) is 0. The lowest BCUT2D eigenvalue weighted by molar-refractivity contribution is 0.216. The van der Waals surface area contributed by atoms with Gasteiger partial charge in [0.2, 0.25) is 15.9 Å². The molecule has 1 aromatic heterocycles. The Morgan fingerprint density at radius 1 is 1.31 bits per heavy atom. The quantitative estimate of drug-likeness (QED) is 0.737. The van der Waals surface area contributed by atoms with E-state index in [4.69, 9.17) is 21.4 Å². The molecule has 1 aromatic carbocycles. The molecule has 1 atom stereocenters. The van der Waals surface area contributed by atoms with Crippen molar-refractivity contribution in [2.45, 2.75) is 57.3 Å². The third kappa shape index (κ3) is 5.79. The van der Waals surface area contributed by atoms with E-state index < -0.39 is 10.0 Å². The highest BCUT2D eigenvalue weighted by Gasteiger charge is 2.33. The Kier molecular flexibility index (Phi) is 8.25. The average molecular weight is 444 g/mol. The maximum absolute atomic E-state index is 13.2. The van der Waals surface area contributed by atoms with Crippen LogP contribution in [0.5, 0.6) is 5.88 Å². The number of benzene rings is 1. The van der Waals surface area contributed by atoms with Crippen molar-refractivity contribution in [1.82, 2.24) is 14.6 Å². The zero-order chi connectivity index (χ0) is 21.8. The van der Waals surface area contributed by atoms with Crippen molar-refractivity contribution in [3.63, 3.8) is 0 Å². The number of pyridine rings is 1. The zero-order valence-corrected chi connectivity index (χ0v) is 19.1. The summed E-state index contributed by atoms with van der Waals surface area (Å²) in [5.74, 6) is 0.390. The number of aromatic nitrogens is 1. The second-order valence-corrected chi connectivity index (χ2v) is 9.80. The standard InChI is InChI=1S/C17H22ClN3O3S.C3H8O/c1-11(2)24-17-13-5-4-6-15(16(13)14(18)9-20-17)25(22,23)21-8-7-12(10-21)19-3;1-3(2)4/h4-6,9,11-12,19H,7-8,10H2,1-3H3;3-4H,1-2H3/t12-;/m0./s1. The molecule has 1 aliphatic rings. The average Bonchev–Trinajstić information content (AvgIpc) is 3.13. The molecule has 2 heterocycles. The van der Waals surface area contributed by atoms with E-state index in [2.05, 4.69) is 10.3 Å². The van der Waals surface area contributed by atoms with Gasteiger partial charge in [-0.15, -0.1) is 0 Å². The van der Waals surface area contributed by atoms with Crippen LogP contribution in [0.25, 0.3) is 10.8 Å². The van der Waals surface area contributed by atoms with Crippen molar-refractivity contribution in [2.24, 2.45) is 0 Å². The van der Waals surface area contributed by atoms with E-state index in [1.54, 1.807) is 32.0 Å². The highest BCUT2D eigenvalue weighted by Crippen LogP contribution is 2.36. The SMILES string of the molecule is CC(C)O.CN[C@H]1CCN(S(=O)(=O)c2cccc3c(OC(C)C)ncc(Cl)c23)C1. The van der Waals surface area contributed by atoms with Crippen LogP contribution in [0.1, 0.15) is 34.1 Å². The highest BCUT2D eigenvalue weighted by atomic mass is 35.5. The number of ether oxygens (including phenoxy) is 1. The van der Waals surface area contributed by atoms with E-state index in [1.807, 2.05) is 20.9 Å². The third-order valence-corrected chi connectivity index (χ3v) is 6.51. The minimum atomic E-state index is -3.65. The summed E-state index contributed by atoms with van der Waals surface area (Å²) < 4.78 is 33.6. The number of fused-ring (bicyclic) bond motifs is 1. The van der Waals surface area contributed by atoms with Crippen LogP contribution in [-0.4, -0.2) is 61.2 Å². The first-order chi connectivity index (χ1) is 13.6. The lowest BCUT2D eigenvalue weighted by atomic mass is 10.1. The summed E-state index contributed by atoms with van der Waals surface area (Å²) >= 11 is 6.33. The molecule has 3 rings (SSSR count). The van der Waals surface area contributed by atoms with Crippen LogP contribution in [0.15, 0.2) is 29.3 Å². The van der Waals surface area contributed by atoms with Crippen LogP contribution in [0.2, 0.25) is 5.02 Å². The van der Waals surface area contributed by atoms with Gasteiger partial charge in [-0.1, -0.05) is 17.7 Å². The summed E-state index contributed by atoms with van der Waals surface area (Å²) in [6, 6.07) is 5.24. The molecule has 2 aromatic rings. The summed E-state index contributed by atoms with van der Waals surface area (Å²) in [6.45, 7) is 8.17. The van der Waals surface area contributed by atoms with E-state index in [-0.39, 0.29) is 23.1 Å². The number of sulfonamides is 1. The van der Waals surface area contributed by atoms with Crippen molar-refractivity contribution in [3.8, 4) is 5.88 Å². The molecule has 9 heteroatoms. The van der Waals surface area contributed by atoms with E-state index in [9.17, 15) is 8.42 Å². The molecule has 0 radical (unpaired) electrons. The smallest absolute Gasteiger partial charge is 0.243 e. The van der Waals surface area contributed by atoms with E-state index in [0.29, 0.717) is 34.8 Å². The first-order valence-electron chi connectivity index (χ1n) is 9.67. The monoisotopic (exact) mass is 443 g/mol. The number of aliphatic hydroxyl groups is 1. The predicted octanol–water partition coefficient (Wildman–Crippen LogP) is 3.04. The first-order valence-corrected chi connectivity index (χ1v) is 11.5. The topological polar surface area (TPSA) is 91.8 Å². The van der Waals surface area contributed by atoms with E-state index >= 15 is 0 Å². The fraction of sp³-hybridized carbons (Fsp3) is 0.550. The molecule has 29 heavy (non-hydrogen) atoms. The fourth-order valence-corrected chi connectivity index (χ4v) is 5.10. The Bertz CT molecular complexity index is 932. The van der Waals surface area contributed by atoms with Crippen LogP contribution < -0.4 is 10.1 Å². The van der Waals surface area contributed by atoms with Crippen molar-refractivity contribution < 1.29 is 18.3 Å². The number of rotatable bonds is 5. The molecule has 7 nitrogen and oxygen atoms in total. The fourth-order valence-electron chi connectivity index (χ4n) is 3.06. The summed E-state index contributed by atoms with van der Waals surface area (Å²) in [7, 11) is -1.81. The molecule has 0 spiro atoms. The Balaban J connectivity index is 0.000000687. The molecule has 0 amide bonds. The summed E-state index contributed by atoms with van der Waals surface area (Å²) in [6.07, 6.45) is 1.99. The number of halogens is 1. The molecule has 0 aliphatic carbocycles. The predicted molar refractivity (Wildman–Crippen MR) is 116 cm³/mol. The first kappa shape index (κ1) is 23.8. The molecule has 0 saturated carbocycles. The van der Waals surface area contributed by atoms with Crippen LogP contribution in [-0.2, 0) is 10.0 Å². The summed E-state index contributed by atoms with van der Waals surface area (Å²) in [5, 5.41) is 12.6. The number of hydrogen-bond donors (Lipinski definition) is 2. The number of nitrogens with one attached hydrogen (secondary N) is 1. The van der Waals surface area contributed by atoms with Crippen LogP contribution in [0.4, 0.5) is 0 Å². The molecule has 1 saturated heterocycles. The summed E-state index contributed by atoms with van der Waals surface area (Å²) in [4.78, 5) is 4.42. The maximum Gasteiger partial charge on any atom is 0.243 e. The third-order valence-electron chi connectivity index (χ3n) is 4.32. The van der Waals surface area contributed by atoms with Gasteiger partial charge < -0.3 is 15.2 Å². The molecule has 1 fully saturated rings. The number of hydrogen-bond acceptors (Lipinski definition) is 6. The maximum atomic E-state index is 13.2. The highest BCUT2D eigenvalue weighted by molar-refractivity contribution is 7.89. The molecular formula is C20H30ClN3O4S. The molecule has 0 bridgehead atoms. The second kappa shape index (κ2) is 10.0. The Morgan fingerprint density at radius 3 is 2.52 bits per heavy atom. The van der Waals surface area contributed by atoms with Gasteiger partial charge in [0.15, 0.2) is 0 Å². The number of nitrogens with zero attached hydrogens (tertiary/aromatic N) is 2. The minimum absolute atomic E-state index is 0.0768. The number of aliphatic hydroxyl groups excluding tert-OH is 1. The molecule has 1 aliphatic heterocycles. The molecule has 162 valence electrons. The molecular weight excluding hydrogens is 414 g/mol. The lowest BCUT2D eigenvalue weighted by Gasteiger charge is -2.19. The minimum Gasteiger partial charge on any atom is -0.475 e. The van der Waals surface area contributed by atoms with E-state index in [0.717, 1.165) is 6.42 Å². The van der Waals surface area contributed by atoms with Gasteiger partial charge in [-0.25, -0.2) is 13.4 Å². The van der Waals surface area contributed by atoms with Gasteiger partial charge >= 0.3 is 0 Å². The van der Waals surface area contributed by atoms with Gasteiger partial charge in [-0.3, -0.25) is 0 Å². The van der Waals surface area contributed by atoms with Gasteiger partial charge in [0, 0.05) is 36.0 Å². The zero-order valence-electron chi connectivity index (χ0n) is 17.5. The van der Waals surface area contributed by atoms with Gasteiger partial charge in [0.05, 0.1) is 22.2 Å². The Hall–Kier alpha value is -1.45. The van der Waals surface area contributed by atoms with Crippen molar-refractivity contribution in [1.29, 1.82) is 0 Å². The van der Waals surface area contributed by atoms with Crippen LogP contribution in [0, 0.1) is 0 Å². The number of likely N-dealkylation sites (N-methyl/N-ethyl adjacent to an activating group) is 1. The largest absolute Gasteiger partial charge is 0.475 e. The second-order valence-electron chi connectivity index (χ2n) is 7.49. The van der Waals surface area contributed by atoms with Gasteiger partial charge in [0.1, 0.15) is 0 Å². The molecule has 0 unspecified atom stereocenters. The van der Waals surface area contributed by atoms with Gasteiger partial charge in [0.25, 0.3) is 0 Å². The van der Waals surface area contributed by atoms with Crippen molar-refractivity contribution in [2.75, 3.05) is 20.1 Å². The molecule has 2 N–H and O–H groups in total. The Morgan fingerprint density at radius 2 is 1.97 bits per heavy atom. The lowest BCUT2D eigenvalue weighted by Crippen LogP contribution is -2.33. The van der Waals surface area contributed by atoms with Crippen LogP contribution in [0.3, 0.4) is 0 Å². The normalized spacial score (nSPS) is 17.6.